The van der Waals surface area contributed by atoms with Gasteiger partial charge in [-0.25, -0.2) is 0 Å². The van der Waals surface area contributed by atoms with Crippen molar-refractivity contribution in [3.05, 3.63) is 0 Å². The molecule has 0 aliphatic carbocycles. The predicted molar refractivity (Wildman–Crippen MR) is 185 cm³/mol. The average Bonchev–Trinajstić information content (AvgIpc) is 2.98. The first-order chi connectivity index (χ1) is 20.9. The first-order valence-corrected chi connectivity index (χ1v) is 18.9. The van der Waals surface area contributed by atoms with Crippen molar-refractivity contribution in [3.8, 4) is 0 Å². The van der Waals surface area contributed by atoms with Gasteiger partial charge in [0.2, 0.25) is 0 Å². The fraction of sp³-hybridized carbons (Fsp3) is 0.947. The van der Waals surface area contributed by atoms with Gasteiger partial charge in [0.05, 0.1) is 5.92 Å². The van der Waals surface area contributed by atoms with E-state index in [0.29, 0.717) is 6.42 Å². The highest BCUT2D eigenvalue weighted by Crippen LogP contribution is 2.21. The number of esters is 2. The van der Waals surface area contributed by atoms with Crippen LogP contribution in [0.5, 0.6) is 0 Å². The molecule has 43 heavy (non-hydrogen) atoms. The molecule has 0 spiro atoms. The number of carbonyl (C=O) groups excluding carboxylic acids is 2. The van der Waals surface area contributed by atoms with Crippen molar-refractivity contribution >= 4 is 11.9 Å². The van der Waals surface area contributed by atoms with Crippen LogP contribution in [-0.4, -0.2) is 50.2 Å². The molecule has 0 heterocycles. The Morgan fingerprint density at radius 2 is 0.953 bits per heavy atom. The summed E-state index contributed by atoms with van der Waals surface area (Å²) in [4.78, 5) is 28.1. The molecule has 0 aromatic carbocycles. The number of unbranched alkanes of at least 4 members (excludes halogenated alkanes) is 19. The normalized spacial score (nSPS) is 12.3. The van der Waals surface area contributed by atoms with Crippen LogP contribution in [0.4, 0.5) is 0 Å². The van der Waals surface area contributed by atoms with Gasteiger partial charge in [0.25, 0.3) is 0 Å². The minimum Gasteiger partial charge on any atom is -0.462 e. The van der Waals surface area contributed by atoms with E-state index in [1.54, 1.807) is 0 Å². The highest BCUT2D eigenvalue weighted by molar-refractivity contribution is 5.72. The van der Waals surface area contributed by atoms with Crippen molar-refractivity contribution in [2.45, 2.75) is 200 Å². The summed E-state index contributed by atoms with van der Waals surface area (Å²) in [5, 5.41) is 0. The van der Waals surface area contributed by atoms with Crippen LogP contribution in [0.25, 0.3) is 0 Å². The van der Waals surface area contributed by atoms with Crippen LogP contribution in [0.15, 0.2) is 0 Å². The van der Waals surface area contributed by atoms with Gasteiger partial charge in [-0.15, -0.1) is 0 Å². The molecule has 0 N–H and O–H groups in total. The third-order valence-corrected chi connectivity index (χ3v) is 8.72. The van der Waals surface area contributed by atoms with Gasteiger partial charge in [0, 0.05) is 6.42 Å². The van der Waals surface area contributed by atoms with Crippen molar-refractivity contribution < 1.29 is 19.1 Å². The van der Waals surface area contributed by atoms with Crippen LogP contribution < -0.4 is 0 Å². The summed E-state index contributed by atoms with van der Waals surface area (Å²) in [6, 6.07) is 0. The molecule has 1 unspecified atom stereocenters. The molecule has 0 aromatic rings. The molecule has 5 heteroatoms. The van der Waals surface area contributed by atoms with E-state index in [1.165, 1.54) is 103 Å². The molecule has 5 nitrogen and oxygen atoms in total. The summed E-state index contributed by atoms with van der Waals surface area (Å²) >= 11 is 0. The van der Waals surface area contributed by atoms with Gasteiger partial charge < -0.3 is 14.4 Å². The topological polar surface area (TPSA) is 55.8 Å². The monoisotopic (exact) mass is 610 g/mol. The van der Waals surface area contributed by atoms with Crippen molar-refractivity contribution in [2.75, 3.05) is 27.2 Å². The minimum absolute atomic E-state index is 0.0198. The molecule has 0 amide bonds. The van der Waals surface area contributed by atoms with E-state index in [9.17, 15) is 9.59 Å². The smallest absolute Gasteiger partial charge is 0.309 e. The van der Waals surface area contributed by atoms with Crippen LogP contribution >= 0.6 is 0 Å². The van der Waals surface area contributed by atoms with E-state index in [0.717, 1.165) is 70.8 Å². The molecule has 0 saturated carbocycles. The molecule has 0 aliphatic heterocycles. The van der Waals surface area contributed by atoms with Crippen LogP contribution in [0.2, 0.25) is 0 Å². The Morgan fingerprint density at radius 3 is 1.42 bits per heavy atom. The van der Waals surface area contributed by atoms with Crippen LogP contribution in [0, 0.1) is 5.92 Å². The Labute approximate surface area is 269 Å². The fourth-order valence-corrected chi connectivity index (χ4v) is 5.82. The van der Waals surface area contributed by atoms with E-state index in [2.05, 4.69) is 39.8 Å². The standard InChI is InChI=1S/C38H75NO4/c1-6-9-12-15-16-17-18-19-22-26-31-36(43-37(40)32-27-23-28-33-39(4)5)34-42-38(41)35(29-24-20-13-10-7-2)30-25-21-14-11-8-3/h35-36H,6-34H2,1-5H3. The lowest BCUT2D eigenvalue weighted by Gasteiger charge is -2.21. The lowest BCUT2D eigenvalue weighted by Crippen LogP contribution is -2.28. The second-order valence-corrected chi connectivity index (χ2v) is 13.4. The first kappa shape index (κ1) is 41.9. The van der Waals surface area contributed by atoms with Crippen molar-refractivity contribution in [3.63, 3.8) is 0 Å². The third-order valence-electron chi connectivity index (χ3n) is 8.72. The van der Waals surface area contributed by atoms with E-state index < -0.39 is 0 Å². The summed E-state index contributed by atoms with van der Waals surface area (Å²) in [7, 11) is 4.16. The Hall–Kier alpha value is -1.10. The molecule has 256 valence electrons. The molecule has 0 aromatic heterocycles. The zero-order valence-electron chi connectivity index (χ0n) is 29.7. The summed E-state index contributed by atoms with van der Waals surface area (Å²) in [5.41, 5.74) is 0. The number of rotatable bonds is 33. The van der Waals surface area contributed by atoms with E-state index in [4.69, 9.17) is 9.47 Å². The maximum absolute atomic E-state index is 13.2. The van der Waals surface area contributed by atoms with Gasteiger partial charge in [-0.3, -0.25) is 9.59 Å². The summed E-state index contributed by atoms with van der Waals surface area (Å²) in [5.74, 6) is -0.228. The van der Waals surface area contributed by atoms with Gasteiger partial charge in [-0.1, -0.05) is 149 Å². The Bertz CT molecular complexity index is 595. The highest BCUT2D eigenvalue weighted by Gasteiger charge is 2.22. The molecule has 0 fully saturated rings. The quantitative estimate of drug-likeness (QED) is 0.0547. The molecule has 0 saturated heterocycles. The van der Waals surface area contributed by atoms with E-state index in [-0.39, 0.29) is 30.6 Å². The van der Waals surface area contributed by atoms with E-state index in [1.807, 2.05) is 0 Å². The van der Waals surface area contributed by atoms with Crippen LogP contribution in [-0.2, 0) is 19.1 Å². The summed E-state index contributed by atoms with van der Waals surface area (Å²) < 4.78 is 11.8. The number of hydrogen-bond donors (Lipinski definition) is 0. The molecule has 0 rings (SSSR count). The molecule has 1 atom stereocenters. The number of ether oxygens (including phenoxy) is 2. The SMILES string of the molecule is CCCCCCCCCCCCC(COC(=O)C(CCCCCCC)CCCCCCC)OC(=O)CCCCCN(C)C. The first-order valence-electron chi connectivity index (χ1n) is 18.9. The highest BCUT2D eigenvalue weighted by atomic mass is 16.6. The maximum Gasteiger partial charge on any atom is 0.309 e. The largest absolute Gasteiger partial charge is 0.462 e. The predicted octanol–water partition coefficient (Wildman–Crippen LogP) is 11.2. The number of nitrogens with zero attached hydrogens (tertiary/aromatic N) is 1. The molecular formula is C38H75NO4. The average molecular weight is 610 g/mol. The molecule has 0 bridgehead atoms. The van der Waals surface area contributed by atoms with Gasteiger partial charge in [0.15, 0.2) is 0 Å². The number of hydrogen-bond acceptors (Lipinski definition) is 5. The maximum atomic E-state index is 13.2. The van der Waals surface area contributed by atoms with Crippen LogP contribution in [0.1, 0.15) is 194 Å². The lowest BCUT2D eigenvalue weighted by molar-refractivity contribution is -0.162. The summed E-state index contributed by atoms with van der Waals surface area (Å²) in [6.45, 7) is 8.00. The number of carbonyl (C=O) groups is 2. The minimum atomic E-state index is -0.318. The third kappa shape index (κ3) is 29.4. The van der Waals surface area contributed by atoms with Gasteiger partial charge >= 0.3 is 11.9 Å². The Morgan fingerprint density at radius 1 is 0.535 bits per heavy atom. The van der Waals surface area contributed by atoms with Crippen molar-refractivity contribution in [1.82, 2.24) is 4.90 Å². The van der Waals surface area contributed by atoms with Gasteiger partial charge in [-0.2, -0.15) is 0 Å². The fourth-order valence-electron chi connectivity index (χ4n) is 5.82. The van der Waals surface area contributed by atoms with Gasteiger partial charge in [0.1, 0.15) is 12.7 Å². The Balaban J connectivity index is 4.78. The van der Waals surface area contributed by atoms with Crippen LogP contribution in [0.3, 0.4) is 0 Å². The second kappa shape index (κ2) is 32.3. The van der Waals surface area contributed by atoms with E-state index >= 15 is 0 Å². The lowest BCUT2D eigenvalue weighted by atomic mass is 9.94. The molecule has 0 aliphatic rings. The van der Waals surface area contributed by atoms with Crippen molar-refractivity contribution in [1.29, 1.82) is 0 Å². The Kier molecular flexibility index (Phi) is 31.5. The molecule has 0 radical (unpaired) electrons. The van der Waals surface area contributed by atoms with Gasteiger partial charge in [-0.05, 0) is 59.2 Å². The zero-order valence-corrected chi connectivity index (χ0v) is 29.7. The zero-order chi connectivity index (χ0) is 31.8. The second-order valence-electron chi connectivity index (χ2n) is 13.4. The van der Waals surface area contributed by atoms with Crippen molar-refractivity contribution in [2.24, 2.45) is 5.92 Å². The molecular weight excluding hydrogens is 534 g/mol. The summed E-state index contributed by atoms with van der Waals surface area (Å²) in [6.07, 6.45) is 30.6.